The first-order chi connectivity index (χ1) is 14.0. The van der Waals surface area contributed by atoms with Crippen molar-refractivity contribution < 1.29 is 10.2 Å². The molecule has 0 saturated heterocycles. The van der Waals surface area contributed by atoms with Crippen molar-refractivity contribution in [2.75, 3.05) is 0 Å². The Morgan fingerprint density at radius 2 is 1.87 bits per heavy atom. The molecule has 1 saturated carbocycles. The highest BCUT2D eigenvalue weighted by molar-refractivity contribution is 5.36. The summed E-state index contributed by atoms with van der Waals surface area (Å²) >= 11 is 0. The van der Waals surface area contributed by atoms with Gasteiger partial charge < -0.3 is 10.2 Å². The monoisotopic (exact) mass is 412 g/mol. The summed E-state index contributed by atoms with van der Waals surface area (Å²) in [7, 11) is 0. The van der Waals surface area contributed by atoms with Crippen LogP contribution in [-0.2, 0) is 0 Å². The molecule has 2 heteroatoms. The molecule has 0 spiro atoms. The van der Waals surface area contributed by atoms with E-state index in [0.29, 0.717) is 23.2 Å². The summed E-state index contributed by atoms with van der Waals surface area (Å²) < 4.78 is 0. The third-order valence-corrected chi connectivity index (χ3v) is 8.66. The van der Waals surface area contributed by atoms with Gasteiger partial charge >= 0.3 is 0 Å². The van der Waals surface area contributed by atoms with E-state index in [-0.39, 0.29) is 12.0 Å². The van der Waals surface area contributed by atoms with Crippen molar-refractivity contribution in [2.24, 2.45) is 29.1 Å². The number of aliphatic hydroxyl groups is 2. The molecule has 0 amide bonds. The van der Waals surface area contributed by atoms with Gasteiger partial charge in [-0.2, -0.15) is 0 Å². The van der Waals surface area contributed by atoms with Crippen molar-refractivity contribution in [1.29, 1.82) is 0 Å². The van der Waals surface area contributed by atoms with E-state index in [9.17, 15) is 10.2 Å². The maximum absolute atomic E-state index is 10.3. The summed E-state index contributed by atoms with van der Waals surface area (Å²) in [5.74, 6) is 2.04. The Kier molecular flexibility index (Phi) is 7.19. The first kappa shape index (κ1) is 23.5. The lowest BCUT2D eigenvalue weighted by atomic mass is 9.62. The van der Waals surface area contributed by atoms with Crippen LogP contribution in [0.2, 0.25) is 0 Å². The first-order valence-corrected chi connectivity index (χ1v) is 12.2. The molecular formula is C28H44O2. The molecule has 0 unspecified atom stereocenters. The third-order valence-electron chi connectivity index (χ3n) is 8.66. The molecule has 30 heavy (non-hydrogen) atoms. The van der Waals surface area contributed by atoms with Crippen LogP contribution in [0.15, 0.2) is 47.1 Å². The topological polar surface area (TPSA) is 40.5 Å². The Hall–Kier alpha value is -1.12. The molecule has 3 aliphatic rings. The van der Waals surface area contributed by atoms with Crippen molar-refractivity contribution in [3.05, 3.63) is 47.1 Å². The largest absolute Gasteiger partial charge is 0.393 e. The lowest BCUT2D eigenvalue weighted by Gasteiger charge is -2.42. The van der Waals surface area contributed by atoms with E-state index >= 15 is 0 Å². The van der Waals surface area contributed by atoms with Crippen LogP contribution in [0.5, 0.6) is 0 Å². The van der Waals surface area contributed by atoms with Crippen LogP contribution >= 0.6 is 0 Å². The van der Waals surface area contributed by atoms with Gasteiger partial charge in [0.15, 0.2) is 0 Å². The fourth-order valence-corrected chi connectivity index (χ4v) is 6.10. The molecule has 0 aromatic rings. The molecule has 3 rings (SSSR count). The van der Waals surface area contributed by atoms with Crippen LogP contribution in [0.3, 0.4) is 0 Å². The molecule has 0 radical (unpaired) electrons. The Labute approximate surface area is 184 Å². The Morgan fingerprint density at radius 1 is 1.13 bits per heavy atom. The normalized spacial score (nSPS) is 35.1. The van der Waals surface area contributed by atoms with Gasteiger partial charge in [0.05, 0.1) is 11.7 Å². The van der Waals surface area contributed by atoms with Gasteiger partial charge in [0.25, 0.3) is 0 Å². The van der Waals surface area contributed by atoms with Gasteiger partial charge in [0.2, 0.25) is 0 Å². The lowest BCUT2D eigenvalue weighted by molar-refractivity contribution is 0.0436. The van der Waals surface area contributed by atoms with Crippen LogP contribution in [0.25, 0.3) is 0 Å². The minimum Gasteiger partial charge on any atom is -0.393 e. The first-order valence-electron chi connectivity index (χ1n) is 12.2. The molecule has 6 atom stereocenters. The van der Waals surface area contributed by atoms with Crippen molar-refractivity contribution in [2.45, 2.75) is 98.2 Å². The van der Waals surface area contributed by atoms with Crippen LogP contribution in [0.4, 0.5) is 0 Å². The summed E-state index contributed by atoms with van der Waals surface area (Å²) in [6.45, 7) is 13.0. The molecule has 2 nitrogen and oxygen atoms in total. The zero-order valence-corrected chi connectivity index (χ0v) is 20.1. The number of aliphatic hydroxyl groups excluding tert-OH is 1. The zero-order valence-electron chi connectivity index (χ0n) is 20.1. The molecule has 0 aliphatic heterocycles. The van der Waals surface area contributed by atoms with E-state index in [1.807, 2.05) is 13.8 Å². The Balaban J connectivity index is 1.73. The van der Waals surface area contributed by atoms with Gasteiger partial charge in [-0.3, -0.25) is 0 Å². The molecular weight excluding hydrogens is 368 g/mol. The molecule has 1 fully saturated rings. The fraction of sp³-hybridized carbons (Fsp3) is 0.714. The van der Waals surface area contributed by atoms with Gasteiger partial charge in [-0.05, 0) is 100 Å². The second kappa shape index (κ2) is 9.17. The number of fused-ring (bicyclic) bond motifs is 1. The van der Waals surface area contributed by atoms with Crippen molar-refractivity contribution in [1.82, 2.24) is 0 Å². The Morgan fingerprint density at radius 3 is 2.57 bits per heavy atom. The van der Waals surface area contributed by atoms with Gasteiger partial charge in [-0.15, -0.1) is 0 Å². The molecule has 2 N–H and O–H groups in total. The summed E-state index contributed by atoms with van der Waals surface area (Å²) in [5.41, 5.74) is 4.00. The van der Waals surface area contributed by atoms with E-state index < -0.39 is 5.60 Å². The molecule has 3 aliphatic carbocycles. The van der Waals surface area contributed by atoms with Crippen LogP contribution in [0, 0.1) is 29.1 Å². The number of rotatable bonds is 6. The van der Waals surface area contributed by atoms with E-state index in [0.717, 1.165) is 19.3 Å². The summed E-state index contributed by atoms with van der Waals surface area (Å²) in [5, 5.41) is 20.3. The summed E-state index contributed by atoms with van der Waals surface area (Å²) in [4.78, 5) is 0. The minimum atomic E-state index is -0.663. The fourth-order valence-electron chi connectivity index (χ4n) is 6.10. The van der Waals surface area contributed by atoms with Gasteiger partial charge in [-0.25, -0.2) is 0 Å². The number of allylic oxidation sites excluding steroid dienone is 6. The highest BCUT2D eigenvalue weighted by Crippen LogP contribution is 2.58. The highest BCUT2D eigenvalue weighted by Gasteiger charge is 2.49. The maximum Gasteiger partial charge on any atom is 0.0651 e. The van der Waals surface area contributed by atoms with Gasteiger partial charge in [0, 0.05) is 5.92 Å². The molecule has 0 aromatic heterocycles. The third kappa shape index (κ3) is 5.02. The van der Waals surface area contributed by atoms with Crippen LogP contribution < -0.4 is 0 Å². The van der Waals surface area contributed by atoms with Crippen molar-refractivity contribution >= 4 is 0 Å². The molecule has 168 valence electrons. The average Bonchev–Trinajstić information content (AvgIpc) is 3.03. The minimum absolute atomic E-state index is 0.164. The smallest absolute Gasteiger partial charge is 0.0651 e. The maximum atomic E-state index is 10.3. The van der Waals surface area contributed by atoms with Gasteiger partial charge in [0.1, 0.15) is 0 Å². The quantitative estimate of drug-likeness (QED) is 0.473. The number of hydrogen-bond acceptors (Lipinski definition) is 2. The molecule has 0 aromatic carbocycles. The van der Waals surface area contributed by atoms with Crippen molar-refractivity contribution in [3.8, 4) is 0 Å². The SMILES string of the molecule is CC1=C(/C=C/C2=CCC[C@]3(C)[C@@H]([C@H](C)/C=C/[C@H](C)C(C)(C)O)CC[C@@H]23)C[C@@H](O)CC1. The highest BCUT2D eigenvalue weighted by atomic mass is 16.3. The summed E-state index contributed by atoms with van der Waals surface area (Å²) in [6, 6.07) is 0. The van der Waals surface area contributed by atoms with E-state index in [2.05, 4.69) is 58.1 Å². The van der Waals surface area contributed by atoms with E-state index in [4.69, 9.17) is 0 Å². The van der Waals surface area contributed by atoms with Crippen LogP contribution in [-0.4, -0.2) is 21.9 Å². The Bertz CT molecular complexity index is 732. The predicted octanol–water partition coefficient (Wildman–Crippen LogP) is 6.76. The molecule has 0 bridgehead atoms. The van der Waals surface area contributed by atoms with E-state index in [1.54, 1.807) is 0 Å². The zero-order chi connectivity index (χ0) is 22.1. The number of hydrogen-bond donors (Lipinski definition) is 2. The van der Waals surface area contributed by atoms with Crippen molar-refractivity contribution in [3.63, 3.8) is 0 Å². The summed E-state index contributed by atoms with van der Waals surface area (Å²) in [6.07, 6.45) is 19.3. The standard InChI is InChI=1S/C28H44O2/c1-19-10-14-24(29)18-23(19)13-12-22-8-7-17-28(6)25(15-16-26(22)28)20(2)9-11-21(3)27(4,5)30/h8-9,11-13,20-21,24-26,29-30H,7,10,14-18H2,1-6H3/b11-9+,13-12+/t20-,21+,24+,25-,26+,28-/m1/s1. The molecule has 0 heterocycles. The lowest BCUT2D eigenvalue weighted by Crippen LogP contribution is -2.34. The average molecular weight is 413 g/mol. The second-order valence-electron chi connectivity index (χ2n) is 11.2. The second-order valence-corrected chi connectivity index (χ2v) is 11.2. The van der Waals surface area contributed by atoms with E-state index in [1.165, 1.54) is 42.4 Å². The predicted molar refractivity (Wildman–Crippen MR) is 127 cm³/mol. The van der Waals surface area contributed by atoms with Crippen LogP contribution in [0.1, 0.15) is 86.5 Å². The van der Waals surface area contributed by atoms with Gasteiger partial charge in [-0.1, -0.05) is 56.7 Å².